The second-order valence-electron chi connectivity index (χ2n) is 8.14. The summed E-state index contributed by atoms with van der Waals surface area (Å²) < 4.78 is 0. The van der Waals surface area contributed by atoms with Crippen LogP contribution in [0.1, 0.15) is 55.8 Å². The lowest BCUT2D eigenvalue weighted by molar-refractivity contribution is 0.114. The maximum absolute atomic E-state index is 4.81. The molecule has 2 aromatic rings. The van der Waals surface area contributed by atoms with Crippen molar-refractivity contribution in [2.45, 2.75) is 77.2 Å². The van der Waals surface area contributed by atoms with E-state index in [1.54, 1.807) is 11.3 Å². The van der Waals surface area contributed by atoms with Gasteiger partial charge in [0, 0.05) is 36.6 Å². The first-order chi connectivity index (χ1) is 14.2. The number of nitrogens with one attached hydrogen (secondary N) is 2. The number of fused-ring (bicyclic) bond motifs is 2. The summed E-state index contributed by atoms with van der Waals surface area (Å²) in [7, 11) is 0. The van der Waals surface area contributed by atoms with Crippen molar-refractivity contribution in [2.24, 2.45) is 4.99 Å². The van der Waals surface area contributed by atoms with E-state index in [4.69, 9.17) is 4.99 Å². The molecule has 2 aliphatic rings. The molecule has 156 valence electrons. The van der Waals surface area contributed by atoms with Crippen LogP contribution in [0.3, 0.4) is 0 Å². The van der Waals surface area contributed by atoms with Crippen LogP contribution >= 0.6 is 11.3 Å². The van der Waals surface area contributed by atoms with Crippen LogP contribution in [0.25, 0.3) is 0 Å². The predicted molar refractivity (Wildman–Crippen MR) is 121 cm³/mol. The molecule has 0 amide bonds. The van der Waals surface area contributed by atoms with Crippen molar-refractivity contribution in [3.63, 3.8) is 0 Å². The summed E-state index contributed by atoms with van der Waals surface area (Å²) in [6.45, 7) is 6.88. The van der Waals surface area contributed by atoms with Crippen LogP contribution in [0.5, 0.6) is 0 Å². The molecule has 2 aliphatic heterocycles. The number of piperidine rings is 1. The van der Waals surface area contributed by atoms with Gasteiger partial charge in [0.15, 0.2) is 5.96 Å². The predicted octanol–water partition coefficient (Wildman–Crippen LogP) is 3.96. The molecular weight excluding hydrogens is 378 g/mol. The summed E-state index contributed by atoms with van der Waals surface area (Å²) in [5.74, 6) is 0.930. The standard InChI is InChI=1S/C23H33N5S/c1-3-22-26-19(16-29-22)14-25-23(24-4-2)27-18-12-20-10-11-21(13-18)28(20)15-17-8-6-5-7-9-17/h5-9,16,18,20-21H,3-4,10-15H2,1-2H3,(H2,24,25,27). The highest BCUT2D eigenvalue weighted by molar-refractivity contribution is 7.09. The van der Waals surface area contributed by atoms with Crippen LogP contribution in [-0.2, 0) is 19.5 Å². The van der Waals surface area contributed by atoms with Crippen molar-refractivity contribution in [2.75, 3.05) is 6.54 Å². The lowest BCUT2D eigenvalue weighted by atomic mass is 9.96. The van der Waals surface area contributed by atoms with Gasteiger partial charge in [-0.3, -0.25) is 4.90 Å². The van der Waals surface area contributed by atoms with E-state index in [1.165, 1.54) is 36.3 Å². The van der Waals surface area contributed by atoms with E-state index >= 15 is 0 Å². The fraction of sp³-hybridized carbons (Fsp3) is 0.565. The molecule has 2 atom stereocenters. The normalized spacial score (nSPS) is 24.6. The summed E-state index contributed by atoms with van der Waals surface area (Å²) in [6.07, 6.45) is 6.04. The van der Waals surface area contributed by atoms with Crippen LogP contribution in [0.2, 0.25) is 0 Å². The Morgan fingerprint density at radius 1 is 1.17 bits per heavy atom. The SMILES string of the molecule is CCNC(=NCc1csc(CC)n1)NC1CC2CCC(C1)N2Cc1ccccc1. The first-order valence-electron chi connectivity index (χ1n) is 11.0. The molecule has 6 heteroatoms. The van der Waals surface area contributed by atoms with Crippen molar-refractivity contribution in [1.29, 1.82) is 0 Å². The number of aryl methyl sites for hydroxylation is 1. The number of nitrogens with zero attached hydrogens (tertiary/aromatic N) is 3. The highest BCUT2D eigenvalue weighted by Crippen LogP contribution is 2.36. The van der Waals surface area contributed by atoms with E-state index in [0.717, 1.165) is 31.2 Å². The number of thiazole rings is 1. The van der Waals surface area contributed by atoms with Gasteiger partial charge in [0.2, 0.25) is 0 Å². The molecule has 4 rings (SSSR count). The molecule has 0 aliphatic carbocycles. The number of benzene rings is 1. The molecule has 3 heterocycles. The fourth-order valence-electron chi connectivity index (χ4n) is 4.70. The third kappa shape index (κ3) is 5.17. The summed E-state index contributed by atoms with van der Waals surface area (Å²) in [5, 5.41) is 10.5. The van der Waals surface area contributed by atoms with Crippen LogP contribution in [0.4, 0.5) is 0 Å². The fourth-order valence-corrected chi connectivity index (χ4v) is 5.44. The van der Waals surface area contributed by atoms with Gasteiger partial charge in [-0.15, -0.1) is 11.3 Å². The average molecular weight is 412 g/mol. The van der Waals surface area contributed by atoms with Gasteiger partial charge in [0.1, 0.15) is 0 Å². The topological polar surface area (TPSA) is 52.6 Å². The highest BCUT2D eigenvalue weighted by atomic mass is 32.1. The molecule has 1 aromatic heterocycles. The Kier molecular flexibility index (Phi) is 6.82. The van der Waals surface area contributed by atoms with Crippen molar-refractivity contribution in [1.82, 2.24) is 20.5 Å². The van der Waals surface area contributed by atoms with E-state index in [-0.39, 0.29) is 0 Å². The highest BCUT2D eigenvalue weighted by Gasteiger charge is 2.40. The van der Waals surface area contributed by atoms with Gasteiger partial charge < -0.3 is 10.6 Å². The van der Waals surface area contributed by atoms with Gasteiger partial charge in [-0.05, 0) is 44.6 Å². The van der Waals surface area contributed by atoms with Gasteiger partial charge in [0.05, 0.1) is 17.2 Å². The summed E-state index contributed by atoms with van der Waals surface area (Å²) in [6, 6.07) is 12.8. The Balaban J connectivity index is 1.35. The molecule has 0 spiro atoms. The van der Waals surface area contributed by atoms with Crippen LogP contribution in [0.15, 0.2) is 40.7 Å². The second-order valence-corrected chi connectivity index (χ2v) is 9.08. The Morgan fingerprint density at radius 3 is 2.59 bits per heavy atom. The van der Waals surface area contributed by atoms with E-state index in [9.17, 15) is 0 Å². The van der Waals surface area contributed by atoms with Crippen molar-refractivity contribution in [3.05, 3.63) is 52.0 Å². The number of aromatic nitrogens is 1. The quantitative estimate of drug-likeness (QED) is 0.535. The van der Waals surface area contributed by atoms with Gasteiger partial charge in [0.25, 0.3) is 0 Å². The molecule has 0 radical (unpaired) electrons. The molecular formula is C23H33N5S. The molecule has 5 nitrogen and oxygen atoms in total. The summed E-state index contributed by atoms with van der Waals surface area (Å²) in [4.78, 5) is 12.2. The van der Waals surface area contributed by atoms with Crippen LogP contribution < -0.4 is 10.6 Å². The van der Waals surface area contributed by atoms with Gasteiger partial charge in [-0.2, -0.15) is 0 Å². The number of aliphatic imine (C=N–C) groups is 1. The minimum absolute atomic E-state index is 0.499. The van der Waals surface area contributed by atoms with Crippen molar-refractivity contribution >= 4 is 17.3 Å². The summed E-state index contributed by atoms with van der Waals surface area (Å²) >= 11 is 1.73. The second kappa shape index (κ2) is 9.72. The molecule has 2 N–H and O–H groups in total. The molecule has 1 aromatic carbocycles. The maximum atomic E-state index is 4.81. The van der Waals surface area contributed by atoms with Gasteiger partial charge in [-0.1, -0.05) is 37.3 Å². The maximum Gasteiger partial charge on any atom is 0.191 e. The summed E-state index contributed by atoms with van der Waals surface area (Å²) in [5.41, 5.74) is 2.50. The largest absolute Gasteiger partial charge is 0.357 e. The molecule has 2 unspecified atom stereocenters. The Hall–Kier alpha value is -1.92. The number of guanidine groups is 1. The lowest BCUT2D eigenvalue weighted by Crippen LogP contribution is -2.52. The smallest absolute Gasteiger partial charge is 0.191 e. The first kappa shape index (κ1) is 20.4. The van der Waals surface area contributed by atoms with E-state index in [1.807, 2.05) is 0 Å². The Morgan fingerprint density at radius 2 is 1.93 bits per heavy atom. The van der Waals surface area contributed by atoms with Crippen LogP contribution in [0, 0.1) is 0 Å². The number of hydrogen-bond acceptors (Lipinski definition) is 4. The lowest BCUT2D eigenvalue weighted by Gasteiger charge is -2.39. The molecule has 0 saturated carbocycles. The minimum atomic E-state index is 0.499. The zero-order valence-corrected chi connectivity index (χ0v) is 18.4. The third-order valence-corrected chi connectivity index (χ3v) is 7.12. The van der Waals surface area contributed by atoms with E-state index in [0.29, 0.717) is 24.7 Å². The zero-order chi connectivity index (χ0) is 20.1. The Bertz CT molecular complexity index is 789. The monoisotopic (exact) mass is 411 g/mol. The van der Waals surface area contributed by atoms with Gasteiger partial charge in [-0.25, -0.2) is 9.98 Å². The first-order valence-corrected chi connectivity index (χ1v) is 11.9. The van der Waals surface area contributed by atoms with E-state index < -0.39 is 0 Å². The molecule has 2 saturated heterocycles. The number of rotatable bonds is 7. The van der Waals surface area contributed by atoms with Crippen molar-refractivity contribution < 1.29 is 0 Å². The average Bonchev–Trinajstić information content (AvgIpc) is 3.29. The minimum Gasteiger partial charge on any atom is -0.357 e. The van der Waals surface area contributed by atoms with Crippen molar-refractivity contribution in [3.8, 4) is 0 Å². The van der Waals surface area contributed by atoms with E-state index in [2.05, 4.69) is 70.1 Å². The molecule has 29 heavy (non-hydrogen) atoms. The Labute approximate surface area is 178 Å². The molecule has 2 fully saturated rings. The van der Waals surface area contributed by atoms with Crippen LogP contribution in [-0.4, -0.2) is 40.5 Å². The zero-order valence-electron chi connectivity index (χ0n) is 17.6. The number of hydrogen-bond donors (Lipinski definition) is 2. The molecule has 2 bridgehead atoms. The van der Waals surface area contributed by atoms with Gasteiger partial charge >= 0.3 is 0 Å². The third-order valence-electron chi connectivity index (χ3n) is 6.08.